The number of carboxylic acids is 1. The largest absolute Gasteiger partial charge is 0.481 e. The lowest BCUT2D eigenvalue weighted by Gasteiger charge is -2.38. The second kappa shape index (κ2) is 10.6. The predicted octanol–water partition coefficient (Wildman–Crippen LogP) is 4.31. The Kier molecular flexibility index (Phi) is 7.79. The van der Waals surface area contributed by atoms with Gasteiger partial charge in [0, 0.05) is 11.1 Å². The molecule has 0 saturated heterocycles. The molecule has 202 valence electrons. The third-order valence-electron chi connectivity index (χ3n) is 9.55. The van der Waals surface area contributed by atoms with Gasteiger partial charge in [-0.25, -0.2) is 0 Å². The zero-order valence-electron chi connectivity index (χ0n) is 22.0. The fourth-order valence-corrected chi connectivity index (χ4v) is 7.50. The minimum Gasteiger partial charge on any atom is -0.481 e. The summed E-state index contributed by atoms with van der Waals surface area (Å²) in [4.78, 5) is 47.3. The number of nitrogens with one attached hydrogen (secondary N) is 1. The number of fused-ring (bicyclic) bond motifs is 4. The zero-order chi connectivity index (χ0) is 26.7. The Hall–Kier alpha value is -2.74. The lowest BCUT2D eigenvalue weighted by molar-refractivity contribution is -0.158. The van der Waals surface area contributed by atoms with Gasteiger partial charge in [0.1, 0.15) is 0 Å². The first-order valence-corrected chi connectivity index (χ1v) is 13.4. The van der Waals surface area contributed by atoms with Crippen molar-refractivity contribution in [2.75, 3.05) is 20.8 Å². The molecule has 0 aliphatic heterocycles. The van der Waals surface area contributed by atoms with Crippen molar-refractivity contribution >= 4 is 23.7 Å². The van der Waals surface area contributed by atoms with E-state index >= 15 is 0 Å². The Balaban J connectivity index is 0.000000186. The number of carboxylic acid groups (broad SMARTS) is 1. The van der Waals surface area contributed by atoms with Crippen LogP contribution in [0.4, 0.5) is 0 Å². The molecule has 4 aliphatic rings. The Bertz CT molecular complexity index is 1040. The SMILES string of the molecule is COC(=O)C12CCCC(C(=O)O)(CC1)C2.COC(=O)C12CCCC(NCC(=O)c3ccccc3)(CC1)C2. The zero-order valence-corrected chi connectivity index (χ0v) is 22.0. The van der Waals surface area contributed by atoms with Gasteiger partial charge in [-0.05, 0) is 64.2 Å². The monoisotopic (exact) mass is 513 g/mol. The van der Waals surface area contributed by atoms with E-state index in [4.69, 9.17) is 9.47 Å². The molecule has 4 unspecified atom stereocenters. The molecular weight excluding hydrogens is 474 g/mol. The van der Waals surface area contributed by atoms with Crippen LogP contribution in [0.15, 0.2) is 30.3 Å². The summed E-state index contributed by atoms with van der Waals surface area (Å²) in [5.41, 5.74) is -0.802. The molecule has 4 saturated carbocycles. The topological polar surface area (TPSA) is 119 Å². The Morgan fingerprint density at radius 2 is 1.30 bits per heavy atom. The van der Waals surface area contributed by atoms with Crippen LogP contribution in [0.3, 0.4) is 0 Å². The van der Waals surface area contributed by atoms with Gasteiger partial charge in [-0.3, -0.25) is 19.2 Å². The molecule has 4 bridgehead atoms. The van der Waals surface area contributed by atoms with Gasteiger partial charge in [-0.2, -0.15) is 0 Å². The minimum atomic E-state index is -0.743. The molecule has 2 N–H and O–H groups in total. The average molecular weight is 514 g/mol. The summed E-state index contributed by atoms with van der Waals surface area (Å²) in [5, 5.41) is 12.7. The van der Waals surface area contributed by atoms with Crippen molar-refractivity contribution in [3.63, 3.8) is 0 Å². The van der Waals surface area contributed by atoms with E-state index in [9.17, 15) is 24.3 Å². The fraction of sp³-hybridized carbons (Fsp3) is 0.655. The van der Waals surface area contributed by atoms with Gasteiger partial charge in [0.25, 0.3) is 0 Å². The van der Waals surface area contributed by atoms with Crippen molar-refractivity contribution in [1.29, 1.82) is 0 Å². The maximum Gasteiger partial charge on any atom is 0.311 e. The number of hydrogen-bond acceptors (Lipinski definition) is 7. The van der Waals surface area contributed by atoms with Crippen molar-refractivity contribution in [3.8, 4) is 0 Å². The molecule has 0 radical (unpaired) electrons. The van der Waals surface area contributed by atoms with E-state index in [1.165, 1.54) is 14.2 Å². The highest BCUT2D eigenvalue weighted by Gasteiger charge is 2.59. The molecule has 0 aromatic heterocycles. The average Bonchev–Trinajstić information content (AvgIpc) is 3.37. The second-order valence-corrected chi connectivity index (χ2v) is 11.6. The maximum atomic E-state index is 12.3. The van der Waals surface area contributed by atoms with Gasteiger partial charge in [0.2, 0.25) is 0 Å². The van der Waals surface area contributed by atoms with Crippen LogP contribution < -0.4 is 5.32 Å². The first-order chi connectivity index (χ1) is 17.6. The van der Waals surface area contributed by atoms with E-state index in [1.54, 1.807) is 0 Å². The van der Waals surface area contributed by atoms with Crippen LogP contribution in [0.2, 0.25) is 0 Å². The normalized spacial score (nSPS) is 33.6. The van der Waals surface area contributed by atoms with Gasteiger partial charge in [0.15, 0.2) is 5.78 Å². The molecule has 0 amide bonds. The standard InChI is InChI=1S/C18H23NO3.C11H16O4/c1-22-16(21)17-8-5-9-18(13-17,11-10-17)19-12-15(20)14-6-3-2-4-7-14;1-15-9(14)11-4-2-3-10(7-11,5-6-11)8(12)13/h2-4,6-7,19H,5,8-13H2,1H3;2-7H2,1H3,(H,12,13). The lowest BCUT2D eigenvalue weighted by atomic mass is 9.69. The fourth-order valence-electron chi connectivity index (χ4n) is 7.50. The van der Waals surface area contributed by atoms with Crippen LogP contribution in [0.1, 0.15) is 87.4 Å². The number of methoxy groups -OCH3 is 2. The van der Waals surface area contributed by atoms with E-state index in [1.807, 2.05) is 30.3 Å². The number of aliphatic carboxylic acids is 1. The van der Waals surface area contributed by atoms with Crippen LogP contribution in [-0.4, -0.2) is 55.1 Å². The minimum absolute atomic E-state index is 0.0725. The summed E-state index contributed by atoms with van der Waals surface area (Å²) >= 11 is 0. The molecule has 37 heavy (non-hydrogen) atoms. The molecular formula is C29H39NO7. The summed E-state index contributed by atoms with van der Waals surface area (Å²) in [6.07, 6.45) is 9.67. The number of hydrogen-bond donors (Lipinski definition) is 2. The summed E-state index contributed by atoms with van der Waals surface area (Å²) in [6, 6.07) is 9.35. The van der Waals surface area contributed by atoms with Gasteiger partial charge >= 0.3 is 17.9 Å². The number of Topliss-reactive ketones (excluding diaryl/α,β-unsaturated/α-hetero) is 1. The number of ether oxygens (including phenoxy) is 2. The van der Waals surface area contributed by atoms with E-state index in [0.717, 1.165) is 56.9 Å². The van der Waals surface area contributed by atoms with Crippen LogP contribution in [-0.2, 0) is 23.9 Å². The highest BCUT2D eigenvalue weighted by atomic mass is 16.5. The van der Waals surface area contributed by atoms with Crippen molar-refractivity contribution in [2.45, 2.75) is 82.6 Å². The summed E-state index contributed by atoms with van der Waals surface area (Å²) in [6.45, 7) is 0.335. The predicted molar refractivity (Wildman–Crippen MR) is 136 cm³/mol. The number of ketones is 1. The molecule has 4 atom stereocenters. The van der Waals surface area contributed by atoms with E-state index in [2.05, 4.69) is 5.32 Å². The molecule has 0 heterocycles. The number of esters is 2. The number of carbonyl (C=O) groups is 4. The smallest absolute Gasteiger partial charge is 0.311 e. The van der Waals surface area contributed by atoms with Crippen molar-refractivity contribution in [3.05, 3.63) is 35.9 Å². The van der Waals surface area contributed by atoms with Crippen molar-refractivity contribution in [2.24, 2.45) is 16.2 Å². The van der Waals surface area contributed by atoms with Gasteiger partial charge in [0.05, 0.1) is 37.0 Å². The van der Waals surface area contributed by atoms with Gasteiger partial charge < -0.3 is 19.9 Å². The summed E-state index contributed by atoms with van der Waals surface area (Å²) < 4.78 is 9.82. The first-order valence-electron chi connectivity index (χ1n) is 13.4. The van der Waals surface area contributed by atoms with Crippen molar-refractivity contribution < 1.29 is 33.8 Å². The van der Waals surface area contributed by atoms with Gasteiger partial charge in [-0.1, -0.05) is 43.2 Å². The van der Waals surface area contributed by atoms with Gasteiger partial charge in [-0.15, -0.1) is 0 Å². The second-order valence-electron chi connectivity index (χ2n) is 11.6. The molecule has 4 aliphatic carbocycles. The number of benzene rings is 1. The molecule has 8 heteroatoms. The molecule has 0 spiro atoms. The number of carbonyl (C=O) groups excluding carboxylic acids is 3. The first kappa shape index (κ1) is 27.3. The molecule has 5 rings (SSSR count). The molecule has 1 aromatic rings. The van der Waals surface area contributed by atoms with Crippen LogP contribution in [0, 0.1) is 16.2 Å². The lowest BCUT2D eigenvalue weighted by Crippen LogP contribution is -2.49. The Labute approximate surface area is 218 Å². The van der Waals surface area contributed by atoms with E-state index < -0.39 is 16.8 Å². The molecule has 4 fully saturated rings. The highest BCUT2D eigenvalue weighted by molar-refractivity contribution is 5.97. The maximum absolute atomic E-state index is 12.3. The van der Waals surface area contributed by atoms with Crippen LogP contribution in [0.5, 0.6) is 0 Å². The third-order valence-corrected chi connectivity index (χ3v) is 9.55. The quantitative estimate of drug-likeness (QED) is 0.409. The van der Waals surface area contributed by atoms with E-state index in [-0.39, 0.29) is 28.7 Å². The third kappa shape index (κ3) is 5.17. The molecule has 8 nitrogen and oxygen atoms in total. The van der Waals surface area contributed by atoms with Crippen LogP contribution in [0.25, 0.3) is 0 Å². The Morgan fingerprint density at radius 1 is 0.757 bits per heavy atom. The highest BCUT2D eigenvalue weighted by Crippen LogP contribution is 2.59. The summed E-state index contributed by atoms with van der Waals surface area (Å²) in [7, 11) is 2.85. The Morgan fingerprint density at radius 3 is 1.92 bits per heavy atom. The van der Waals surface area contributed by atoms with Crippen molar-refractivity contribution in [1.82, 2.24) is 5.32 Å². The van der Waals surface area contributed by atoms with Crippen LogP contribution >= 0.6 is 0 Å². The molecule has 1 aromatic carbocycles. The number of rotatable bonds is 7. The summed E-state index contributed by atoms with van der Waals surface area (Å²) in [5.74, 6) is -0.931. The van der Waals surface area contributed by atoms with E-state index in [0.29, 0.717) is 32.2 Å².